The summed E-state index contributed by atoms with van der Waals surface area (Å²) in [5.41, 5.74) is 0. The molecular weight excluding hydrogens is 324 g/mol. The lowest BCUT2D eigenvalue weighted by Crippen LogP contribution is -2.44. The van der Waals surface area contributed by atoms with E-state index in [1.54, 1.807) is 28.8 Å². The number of aryl methyl sites for hydroxylation is 1. The van der Waals surface area contributed by atoms with Crippen LogP contribution in [-0.2, 0) is 0 Å². The first-order chi connectivity index (χ1) is 10.9. The number of halogens is 2. The van der Waals surface area contributed by atoms with Crippen molar-refractivity contribution in [2.24, 2.45) is 0 Å². The number of rotatable bonds is 3. The predicted octanol–water partition coefficient (Wildman–Crippen LogP) is 3.85. The second-order valence-electron chi connectivity index (χ2n) is 5.67. The van der Waals surface area contributed by atoms with Gasteiger partial charge in [-0.05, 0) is 33.3 Å². The summed E-state index contributed by atoms with van der Waals surface area (Å²) in [5.74, 6) is 0.277. The van der Waals surface area contributed by atoms with Gasteiger partial charge >= 0.3 is 6.61 Å². The van der Waals surface area contributed by atoms with Gasteiger partial charge in [-0.15, -0.1) is 11.3 Å². The Labute approximate surface area is 136 Å². The highest BCUT2D eigenvalue weighted by atomic mass is 32.1. The Balaban J connectivity index is 2.00. The first-order valence-corrected chi connectivity index (χ1v) is 8.12. The zero-order chi connectivity index (χ0) is 16.7. The summed E-state index contributed by atoms with van der Waals surface area (Å²) in [5, 5.41) is 4.25. The number of anilines is 1. The van der Waals surface area contributed by atoms with Crippen molar-refractivity contribution in [2.45, 2.75) is 45.9 Å². The molecule has 0 fully saturated rings. The number of thiophene rings is 1. The fraction of sp³-hybridized carbons (Fsp3) is 0.467. The summed E-state index contributed by atoms with van der Waals surface area (Å²) in [6.45, 7) is 2.78. The average Bonchev–Trinajstić information content (AvgIpc) is 3.05. The molecule has 5 nitrogen and oxygen atoms in total. The van der Waals surface area contributed by atoms with Crippen LogP contribution in [0.3, 0.4) is 0 Å². The van der Waals surface area contributed by atoms with Crippen molar-refractivity contribution in [1.82, 2.24) is 9.78 Å². The van der Waals surface area contributed by atoms with Crippen LogP contribution in [0.15, 0.2) is 18.3 Å². The van der Waals surface area contributed by atoms with Crippen molar-refractivity contribution in [1.29, 1.82) is 0 Å². The molecular formula is C15H17F2N3O2S. The molecule has 2 unspecified atom stereocenters. The van der Waals surface area contributed by atoms with E-state index in [-0.39, 0.29) is 28.6 Å². The molecule has 1 amide bonds. The normalized spacial score (nSPS) is 20.7. The van der Waals surface area contributed by atoms with Gasteiger partial charge in [0.2, 0.25) is 0 Å². The molecule has 0 saturated heterocycles. The van der Waals surface area contributed by atoms with Crippen LogP contribution >= 0.6 is 11.3 Å². The number of carbonyl (C=O) groups is 1. The molecule has 0 N–H and O–H groups in total. The van der Waals surface area contributed by atoms with E-state index in [0.29, 0.717) is 5.82 Å². The summed E-state index contributed by atoms with van der Waals surface area (Å²) >= 11 is 1.16. The third kappa shape index (κ3) is 2.83. The quantitative estimate of drug-likeness (QED) is 0.852. The van der Waals surface area contributed by atoms with Crippen LogP contribution in [0.1, 0.15) is 40.9 Å². The molecule has 0 spiro atoms. The van der Waals surface area contributed by atoms with E-state index in [1.165, 1.54) is 6.07 Å². The molecule has 2 aromatic rings. The van der Waals surface area contributed by atoms with Crippen LogP contribution in [0.2, 0.25) is 0 Å². The third-order valence-electron chi connectivity index (χ3n) is 3.89. The number of hydrogen-bond donors (Lipinski definition) is 0. The number of hydrogen-bond acceptors (Lipinski definition) is 4. The van der Waals surface area contributed by atoms with Gasteiger partial charge in [0.25, 0.3) is 5.91 Å². The Morgan fingerprint density at radius 3 is 2.87 bits per heavy atom. The summed E-state index contributed by atoms with van der Waals surface area (Å²) in [4.78, 5) is 15.5. The van der Waals surface area contributed by atoms with Crippen molar-refractivity contribution >= 4 is 23.1 Å². The largest absolute Gasteiger partial charge is 0.433 e. The van der Waals surface area contributed by atoms with Gasteiger partial charge in [0.05, 0.1) is 12.2 Å². The van der Waals surface area contributed by atoms with Crippen molar-refractivity contribution in [3.63, 3.8) is 0 Å². The van der Waals surface area contributed by atoms with Crippen LogP contribution in [0.5, 0.6) is 5.75 Å². The summed E-state index contributed by atoms with van der Waals surface area (Å²) in [7, 11) is 0. The molecule has 23 heavy (non-hydrogen) atoms. The molecule has 1 aliphatic rings. The monoisotopic (exact) mass is 341 g/mol. The van der Waals surface area contributed by atoms with Crippen LogP contribution in [0.25, 0.3) is 0 Å². The second-order valence-corrected chi connectivity index (χ2v) is 6.93. The highest BCUT2D eigenvalue weighted by molar-refractivity contribution is 7.14. The summed E-state index contributed by atoms with van der Waals surface area (Å²) in [6, 6.07) is 3.36. The SMILES string of the molecule is Cc1cc(OC(F)F)c(C(=O)N2c3ccnn3C(C)CC2C)s1. The Morgan fingerprint density at radius 2 is 2.17 bits per heavy atom. The molecule has 0 aliphatic carbocycles. The number of carbonyl (C=O) groups excluding carboxylic acids is 1. The molecule has 0 radical (unpaired) electrons. The average molecular weight is 341 g/mol. The molecule has 2 atom stereocenters. The van der Waals surface area contributed by atoms with E-state index in [4.69, 9.17) is 0 Å². The Morgan fingerprint density at radius 1 is 1.43 bits per heavy atom. The van der Waals surface area contributed by atoms with Gasteiger partial charge in [0.15, 0.2) is 0 Å². The minimum Gasteiger partial charge on any atom is -0.433 e. The van der Waals surface area contributed by atoms with Gasteiger partial charge in [-0.2, -0.15) is 13.9 Å². The fourth-order valence-corrected chi connectivity index (χ4v) is 3.88. The maximum atomic E-state index is 13.0. The molecule has 2 aromatic heterocycles. The van der Waals surface area contributed by atoms with E-state index in [1.807, 2.05) is 13.8 Å². The number of nitrogens with zero attached hydrogens (tertiary/aromatic N) is 3. The Hall–Kier alpha value is -1.96. The summed E-state index contributed by atoms with van der Waals surface area (Å²) in [6.07, 6.45) is 2.39. The maximum Gasteiger partial charge on any atom is 0.387 e. The smallest absolute Gasteiger partial charge is 0.387 e. The van der Waals surface area contributed by atoms with Crippen molar-refractivity contribution in [2.75, 3.05) is 4.90 Å². The van der Waals surface area contributed by atoms with Crippen molar-refractivity contribution in [3.05, 3.63) is 28.1 Å². The number of aromatic nitrogens is 2. The topological polar surface area (TPSA) is 47.4 Å². The zero-order valence-electron chi connectivity index (χ0n) is 13.0. The van der Waals surface area contributed by atoms with E-state index in [9.17, 15) is 13.6 Å². The highest BCUT2D eigenvalue weighted by Gasteiger charge is 2.35. The van der Waals surface area contributed by atoms with Crippen LogP contribution in [0, 0.1) is 6.92 Å². The van der Waals surface area contributed by atoms with Crippen LogP contribution < -0.4 is 9.64 Å². The maximum absolute atomic E-state index is 13.0. The fourth-order valence-electron chi connectivity index (χ4n) is 3.00. The lowest BCUT2D eigenvalue weighted by atomic mass is 10.1. The molecule has 3 heterocycles. The molecule has 1 aliphatic heterocycles. The van der Waals surface area contributed by atoms with Gasteiger partial charge in [0, 0.05) is 17.0 Å². The third-order valence-corrected chi connectivity index (χ3v) is 4.91. The Bertz CT molecular complexity index is 728. The lowest BCUT2D eigenvalue weighted by Gasteiger charge is -2.36. The lowest BCUT2D eigenvalue weighted by molar-refractivity contribution is -0.0498. The summed E-state index contributed by atoms with van der Waals surface area (Å²) < 4.78 is 31.4. The Kier molecular flexibility index (Phi) is 4.09. The molecule has 8 heteroatoms. The molecule has 0 bridgehead atoms. The first kappa shape index (κ1) is 15.9. The highest BCUT2D eigenvalue weighted by Crippen LogP contribution is 2.37. The van der Waals surface area contributed by atoms with Gasteiger partial charge in [0.1, 0.15) is 16.4 Å². The molecule has 124 valence electrons. The minimum absolute atomic E-state index is 0.0523. The van der Waals surface area contributed by atoms with E-state index in [0.717, 1.165) is 22.6 Å². The second kappa shape index (κ2) is 5.92. The van der Waals surface area contributed by atoms with Crippen molar-refractivity contribution < 1.29 is 18.3 Å². The number of alkyl halides is 2. The molecule has 0 aromatic carbocycles. The van der Waals surface area contributed by atoms with Gasteiger partial charge in [-0.1, -0.05) is 0 Å². The van der Waals surface area contributed by atoms with Crippen LogP contribution in [-0.4, -0.2) is 28.3 Å². The zero-order valence-corrected chi connectivity index (χ0v) is 13.8. The van der Waals surface area contributed by atoms with Gasteiger partial charge < -0.3 is 4.74 Å². The van der Waals surface area contributed by atoms with Gasteiger partial charge in [-0.3, -0.25) is 9.69 Å². The van der Waals surface area contributed by atoms with E-state index < -0.39 is 6.61 Å². The molecule has 3 rings (SSSR count). The number of fused-ring (bicyclic) bond motifs is 1. The molecule has 0 saturated carbocycles. The van der Waals surface area contributed by atoms with Crippen molar-refractivity contribution in [3.8, 4) is 5.75 Å². The van der Waals surface area contributed by atoms with Crippen LogP contribution in [0.4, 0.5) is 14.6 Å². The minimum atomic E-state index is -2.96. The first-order valence-electron chi connectivity index (χ1n) is 7.30. The van der Waals surface area contributed by atoms with E-state index in [2.05, 4.69) is 9.84 Å². The number of amides is 1. The van der Waals surface area contributed by atoms with Gasteiger partial charge in [-0.25, -0.2) is 4.68 Å². The number of ether oxygens (including phenoxy) is 1. The standard InChI is InChI=1S/C15H17F2N3O2S/c1-8-6-9(2)20-12(4-5-18-20)19(8)14(21)13-11(22-15(16)17)7-10(3)23-13/h4-5,7-9,15H,6H2,1-3H3. The predicted molar refractivity (Wildman–Crippen MR) is 83.5 cm³/mol. The van der Waals surface area contributed by atoms with E-state index >= 15 is 0 Å².